The third-order valence-corrected chi connectivity index (χ3v) is 4.08. The van der Waals surface area contributed by atoms with Crippen LogP contribution in [-0.4, -0.2) is 37.7 Å². The molecule has 0 aliphatic carbocycles. The maximum Gasteiger partial charge on any atom is 0.122 e. The predicted octanol–water partition coefficient (Wildman–Crippen LogP) is 1.81. The Balaban J connectivity index is 1.68. The first-order chi connectivity index (χ1) is 8.86. The zero-order valence-corrected chi connectivity index (χ0v) is 11.1. The fourth-order valence-electron chi connectivity index (χ4n) is 3.14. The van der Waals surface area contributed by atoms with Gasteiger partial charge < -0.3 is 10.1 Å². The molecule has 2 aliphatic rings. The molecule has 1 aromatic carbocycles. The van der Waals surface area contributed by atoms with Gasteiger partial charge in [0, 0.05) is 25.6 Å². The normalized spacial score (nSPS) is 23.1. The molecule has 1 N–H and O–H groups in total. The van der Waals surface area contributed by atoms with Crippen molar-refractivity contribution in [2.45, 2.75) is 31.8 Å². The van der Waals surface area contributed by atoms with Crippen LogP contribution in [0, 0.1) is 0 Å². The van der Waals surface area contributed by atoms with Crippen LogP contribution in [0.25, 0.3) is 0 Å². The number of nitrogens with zero attached hydrogens (tertiary/aromatic N) is 1. The molecule has 18 heavy (non-hydrogen) atoms. The van der Waals surface area contributed by atoms with E-state index in [1.54, 1.807) is 0 Å². The summed E-state index contributed by atoms with van der Waals surface area (Å²) >= 11 is 0. The summed E-state index contributed by atoms with van der Waals surface area (Å²) in [5.41, 5.74) is 2.82. The maximum atomic E-state index is 5.56. The maximum absolute atomic E-state index is 5.56. The van der Waals surface area contributed by atoms with Crippen LogP contribution in [0.15, 0.2) is 18.2 Å². The van der Waals surface area contributed by atoms with Crippen LogP contribution < -0.4 is 10.1 Å². The van der Waals surface area contributed by atoms with Gasteiger partial charge in [-0.2, -0.15) is 0 Å². The Morgan fingerprint density at radius 2 is 2.39 bits per heavy atom. The lowest BCUT2D eigenvalue weighted by molar-refractivity contribution is 0.242. The molecular formula is C15H22N2O. The molecule has 98 valence electrons. The van der Waals surface area contributed by atoms with E-state index < -0.39 is 0 Å². The molecule has 3 heteroatoms. The molecule has 3 rings (SSSR count). The number of rotatable bonds is 4. The quantitative estimate of drug-likeness (QED) is 0.877. The lowest BCUT2D eigenvalue weighted by atomic mass is 10.1. The van der Waals surface area contributed by atoms with E-state index in [4.69, 9.17) is 4.74 Å². The first-order valence-corrected chi connectivity index (χ1v) is 7.00. The summed E-state index contributed by atoms with van der Waals surface area (Å²) in [4.78, 5) is 2.61. The minimum Gasteiger partial charge on any atom is -0.493 e. The summed E-state index contributed by atoms with van der Waals surface area (Å²) in [6.07, 6.45) is 3.73. The van der Waals surface area contributed by atoms with Crippen molar-refractivity contribution >= 4 is 0 Å². The lowest BCUT2D eigenvalue weighted by Crippen LogP contribution is -2.36. The Bertz CT molecular complexity index is 419. The van der Waals surface area contributed by atoms with Gasteiger partial charge in [0.05, 0.1) is 6.61 Å². The molecule has 0 spiro atoms. The Hall–Kier alpha value is -1.06. The molecule has 1 saturated heterocycles. The molecule has 2 aliphatic heterocycles. The Morgan fingerprint density at radius 1 is 1.44 bits per heavy atom. The third-order valence-electron chi connectivity index (χ3n) is 4.08. The van der Waals surface area contributed by atoms with Crippen LogP contribution in [0.5, 0.6) is 5.75 Å². The fourth-order valence-corrected chi connectivity index (χ4v) is 3.14. The molecule has 1 atom stereocenters. The molecule has 1 fully saturated rings. The van der Waals surface area contributed by atoms with Crippen LogP contribution in [-0.2, 0) is 13.0 Å². The van der Waals surface area contributed by atoms with Gasteiger partial charge in [0.25, 0.3) is 0 Å². The molecule has 3 nitrogen and oxygen atoms in total. The molecule has 1 aromatic rings. The van der Waals surface area contributed by atoms with Gasteiger partial charge in [-0.15, -0.1) is 0 Å². The highest BCUT2D eigenvalue weighted by Gasteiger charge is 2.24. The predicted molar refractivity (Wildman–Crippen MR) is 73.0 cm³/mol. The summed E-state index contributed by atoms with van der Waals surface area (Å²) in [5, 5.41) is 3.31. The molecule has 2 heterocycles. The van der Waals surface area contributed by atoms with E-state index in [1.807, 2.05) is 7.05 Å². The summed E-state index contributed by atoms with van der Waals surface area (Å²) < 4.78 is 5.56. The van der Waals surface area contributed by atoms with Crippen molar-refractivity contribution in [3.05, 3.63) is 29.3 Å². The van der Waals surface area contributed by atoms with Gasteiger partial charge in [0.2, 0.25) is 0 Å². The minimum atomic E-state index is 0.708. The van der Waals surface area contributed by atoms with Gasteiger partial charge in [-0.1, -0.05) is 12.1 Å². The summed E-state index contributed by atoms with van der Waals surface area (Å²) in [7, 11) is 2.04. The smallest absolute Gasteiger partial charge is 0.122 e. The number of nitrogens with one attached hydrogen (secondary N) is 1. The average molecular weight is 246 g/mol. The van der Waals surface area contributed by atoms with Crippen molar-refractivity contribution < 1.29 is 4.74 Å². The number of fused-ring (bicyclic) bond motifs is 1. The van der Waals surface area contributed by atoms with Crippen LogP contribution >= 0.6 is 0 Å². The number of hydrogen-bond acceptors (Lipinski definition) is 3. The largest absolute Gasteiger partial charge is 0.493 e. The molecular weight excluding hydrogens is 224 g/mol. The molecule has 0 amide bonds. The molecule has 1 unspecified atom stereocenters. The van der Waals surface area contributed by atoms with Crippen molar-refractivity contribution in [3.8, 4) is 5.75 Å². The van der Waals surface area contributed by atoms with E-state index in [1.165, 1.54) is 30.5 Å². The molecule has 0 saturated carbocycles. The van der Waals surface area contributed by atoms with E-state index in [2.05, 4.69) is 28.4 Å². The van der Waals surface area contributed by atoms with E-state index >= 15 is 0 Å². The monoisotopic (exact) mass is 246 g/mol. The summed E-state index contributed by atoms with van der Waals surface area (Å²) in [5.74, 6) is 1.09. The molecule has 0 radical (unpaired) electrons. The first kappa shape index (κ1) is 12.0. The fraction of sp³-hybridized carbons (Fsp3) is 0.600. The van der Waals surface area contributed by atoms with Crippen molar-refractivity contribution in [1.29, 1.82) is 0 Å². The number of hydrogen-bond donors (Lipinski definition) is 1. The van der Waals surface area contributed by atoms with Gasteiger partial charge in [-0.3, -0.25) is 4.90 Å². The number of likely N-dealkylation sites (N-methyl/N-ethyl adjacent to an activating group) is 1. The number of likely N-dealkylation sites (tertiary alicyclic amines) is 1. The van der Waals surface area contributed by atoms with Crippen molar-refractivity contribution in [2.24, 2.45) is 0 Å². The highest BCUT2D eigenvalue weighted by Crippen LogP contribution is 2.27. The third kappa shape index (κ3) is 2.38. The van der Waals surface area contributed by atoms with Crippen molar-refractivity contribution in [2.75, 3.05) is 26.7 Å². The van der Waals surface area contributed by atoms with Crippen molar-refractivity contribution in [1.82, 2.24) is 10.2 Å². The SMILES string of the molecule is CNCC1CCCN1Cc1ccc2c(c1)CCO2. The molecule has 0 aromatic heterocycles. The van der Waals surface area contributed by atoms with E-state index in [9.17, 15) is 0 Å². The highest BCUT2D eigenvalue weighted by molar-refractivity contribution is 5.39. The second-order valence-corrected chi connectivity index (χ2v) is 5.36. The van der Waals surface area contributed by atoms with Gasteiger partial charge in [-0.25, -0.2) is 0 Å². The first-order valence-electron chi connectivity index (χ1n) is 7.00. The van der Waals surface area contributed by atoms with Gasteiger partial charge in [0.1, 0.15) is 5.75 Å². The van der Waals surface area contributed by atoms with Crippen LogP contribution in [0.4, 0.5) is 0 Å². The Morgan fingerprint density at radius 3 is 3.28 bits per heavy atom. The van der Waals surface area contributed by atoms with E-state index in [0.717, 1.165) is 31.9 Å². The standard InChI is InChI=1S/C15H22N2O/c1-16-10-14-3-2-7-17(14)11-12-4-5-15-13(9-12)6-8-18-15/h4-5,9,14,16H,2-3,6-8,10-11H2,1H3. The zero-order chi connectivity index (χ0) is 12.4. The Kier molecular flexibility index (Phi) is 3.52. The topological polar surface area (TPSA) is 24.5 Å². The van der Waals surface area contributed by atoms with Crippen LogP contribution in [0.2, 0.25) is 0 Å². The number of benzene rings is 1. The summed E-state index contributed by atoms with van der Waals surface area (Å²) in [6, 6.07) is 7.40. The second-order valence-electron chi connectivity index (χ2n) is 5.36. The van der Waals surface area contributed by atoms with Crippen LogP contribution in [0.1, 0.15) is 24.0 Å². The van der Waals surface area contributed by atoms with Gasteiger partial charge in [0.15, 0.2) is 0 Å². The van der Waals surface area contributed by atoms with Gasteiger partial charge >= 0.3 is 0 Å². The van der Waals surface area contributed by atoms with E-state index in [0.29, 0.717) is 6.04 Å². The van der Waals surface area contributed by atoms with Crippen LogP contribution in [0.3, 0.4) is 0 Å². The lowest BCUT2D eigenvalue weighted by Gasteiger charge is -2.24. The van der Waals surface area contributed by atoms with E-state index in [-0.39, 0.29) is 0 Å². The second kappa shape index (κ2) is 5.29. The minimum absolute atomic E-state index is 0.708. The highest BCUT2D eigenvalue weighted by atomic mass is 16.5. The Labute approximate surface area is 109 Å². The van der Waals surface area contributed by atoms with Crippen molar-refractivity contribution in [3.63, 3.8) is 0 Å². The molecule has 0 bridgehead atoms. The summed E-state index contributed by atoms with van der Waals surface area (Å²) in [6.45, 7) is 4.28. The zero-order valence-electron chi connectivity index (χ0n) is 11.1. The number of ether oxygens (including phenoxy) is 1. The van der Waals surface area contributed by atoms with Gasteiger partial charge in [-0.05, 0) is 43.6 Å². The average Bonchev–Trinajstić information content (AvgIpc) is 2.99.